The summed E-state index contributed by atoms with van der Waals surface area (Å²) >= 11 is 1.30. The largest absolute Gasteiger partial charge is 0.317 e. The van der Waals surface area contributed by atoms with Gasteiger partial charge in [0.05, 0.1) is 11.3 Å². The lowest BCUT2D eigenvalue weighted by Gasteiger charge is -2.20. The number of aromatic nitrogens is 1. The molecule has 1 fully saturated rings. The summed E-state index contributed by atoms with van der Waals surface area (Å²) in [5.41, 5.74) is 0.625. The molecule has 1 aromatic carbocycles. The van der Waals surface area contributed by atoms with Crippen LogP contribution < -0.4 is 10.6 Å². The molecule has 116 valence electrons. The highest BCUT2D eigenvalue weighted by molar-refractivity contribution is 7.14. The number of halogens is 2. The maximum atomic E-state index is 13.6. The van der Waals surface area contributed by atoms with Crippen LogP contribution in [0.25, 0.3) is 0 Å². The van der Waals surface area contributed by atoms with E-state index < -0.39 is 17.5 Å². The Morgan fingerprint density at radius 2 is 2.09 bits per heavy atom. The van der Waals surface area contributed by atoms with E-state index in [1.165, 1.54) is 11.3 Å². The molecule has 0 bridgehead atoms. The molecule has 3 rings (SSSR count). The monoisotopic (exact) mass is 323 g/mol. The molecule has 0 aliphatic carbocycles. The summed E-state index contributed by atoms with van der Waals surface area (Å²) in [6.07, 6.45) is 2.02. The number of hydrogen-bond acceptors (Lipinski definition) is 4. The normalized spacial score (nSPS) is 15.7. The van der Waals surface area contributed by atoms with Crippen LogP contribution in [0.4, 0.5) is 13.9 Å². The first-order chi connectivity index (χ1) is 10.6. The second kappa shape index (κ2) is 6.50. The van der Waals surface area contributed by atoms with Gasteiger partial charge in [-0.15, -0.1) is 11.3 Å². The average molecular weight is 323 g/mol. The fraction of sp³-hybridized carbons (Fsp3) is 0.333. The lowest BCUT2D eigenvalue weighted by atomic mass is 9.96. The number of nitrogens with one attached hydrogen (secondary N) is 2. The van der Waals surface area contributed by atoms with Crippen molar-refractivity contribution in [1.29, 1.82) is 0 Å². The van der Waals surface area contributed by atoms with E-state index >= 15 is 0 Å². The van der Waals surface area contributed by atoms with E-state index in [0.717, 1.165) is 49.8 Å². The van der Waals surface area contributed by atoms with Crippen molar-refractivity contribution in [3.63, 3.8) is 0 Å². The van der Waals surface area contributed by atoms with Crippen LogP contribution in [0.3, 0.4) is 0 Å². The topological polar surface area (TPSA) is 54.0 Å². The number of piperidine rings is 1. The van der Waals surface area contributed by atoms with Crippen LogP contribution in [-0.2, 0) is 0 Å². The Hall–Kier alpha value is -1.86. The van der Waals surface area contributed by atoms with Crippen molar-refractivity contribution in [3.8, 4) is 0 Å². The van der Waals surface area contributed by atoms with Crippen molar-refractivity contribution >= 4 is 22.4 Å². The molecule has 1 aliphatic rings. The van der Waals surface area contributed by atoms with Gasteiger partial charge in [-0.3, -0.25) is 10.1 Å². The fourth-order valence-electron chi connectivity index (χ4n) is 2.48. The Kier molecular flexibility index (Phi) is 4.44. The highest BCUT2D eigenvalue weighted by Gasteiger charge is 2.19. The smallest absolute Gasteiger partial charge is 0.260 e. The minimum Gasteiger partial charge on any atom is -0.317 e. The lowest BCUT2D eigenvalue weighted by molar-refractivity contribution is 0.102. The third-order valence-electron chi connectivity index (χ3n) is 3.67. The molecule has 4 nitrogen and oxygen atoms in total. The average Bonchev–Trinajstić information content (AvgIpc) is 2.99. The zero-order chi connectivity index (χ0) is 15.5. The molecule has 1 aromatic heterocycles. The molecule has 1 amide bonds. The van der Waals surface area contributed by atoms with E-state index in [-0.39, 0.29) is 5.56 Å². The summed E-state index contributed by atoms with van der Waals surface area (Å²) in [7, 11) is 0. The molecule has 2 heterocycles. The second-order valence-corrected chi connectivity index (χ2v) is 6.04. The minimum atomic E-state index is -0.756. The first-order valence-electron chi connectivity index (χ1n) is 7.06. The van der Waals surface area contributed by atoms with Crippen molar-refractivity contribution in [2.75, 3.05) is 18.4 Å². The van der Waals surface area contributed by atoms with E-state index in [1.54, 1.807) is 0 Å². The molecule has 7 heteroatoms. The van der Waals surface area contributed by atoms with E-state index in [2.05, 4.69) is 15.6 Å². The van der Waals surface area contributed by atoms with Gasteiger partial charge in [0, 0.05) is 11.3 Å². The Labute approximate surface area is 130 Å². The third kappa shape index (κ3) is 3.31. The lowest BCUT2D eigenvalue weighted by Crippen LogP contribution is -2.26. The molecule has 0 saturated carbocycles. The fourth-order valence-corrected chi connectivity index (χ4v) is 3.27. The van der Waals surface area contributed by atoms with Gasteiger partial charge < -0.3 is 5.32 Å². The standard InChI is InChI=1S/C15H15F2N3OS/c16-10-1-2-12(17)11(7-10)14(21)20-15-19-13(8-22-15)9-3-5-18-6-4-9/h1-2,7-9,18H,3-6H2,(H,19,20,21). The number of amides is 1. The molecule has 22 heavy (non-hydrogen) atoms. The van der Waals surface area contributed by atoms with Crippen molar-refractivity contribution in [2.45, 2.75) is 18.8 Å². The minimum absolute atomic E-state index is 0.321. The number of carbonyl (C=O) groups excluding carboxylic acids is 1. The second-order valence-electron chi connectivity index (χ2n) is 5.18. The predicted octanol–water partition coefficient (Wildman–Crippen LogP) is 3.14. The van der Waals surface area contributed by atoms with Gasteiger partial charge in [-0.25, -0.2) is 13.8 Å². The molecule has 0 radical (unpaired) electrons. The van der Waals surface area contributed by atoms with E-state index in [0.29, 0.717) is 11.0 Å². The van der Waals surface area contributed by atoms with Gasteiger partial charge in [-0.05, 0) is 44.1 Å². The summed E-state index contributed by atoms with van der Waals surface area (Å²) in [6, 6.07) is 2.79. The van der Waals surface area contributed by atoms with Crippen molar-refractivity contribution in [1.82, 2.24) is 10.3 Å². The van der Waals surface area contributed by atoms with Crippen molar-refractivity contribution in [3.05, 3.63) is 46.5 Å². The summed E-state index contributed by atoms with van der Waals surface area (Å²) in [6.45, 7) is 1.91. The van der Waals surface area contributed by atoms with E-state index in [4.69, 9.17) is 0 Å². The molecular weight excluding hydrogens is 308 g/mol. The van der Waals surface area contributed by atoms with Crippen LogP contribution in [0.2, 0.25) is 0 Å². The number of anilines is 1. The van der Waals surface area contributed by atoms with Gasteiger partial charge in [0.15, 0.2) is 5.13 Å². The van der Waals surface area contributed by atoms with Crippen LogP contribution in [0.15, 0.2) is 23.6 Å². The summed E-state index contributed by atoms with van der Waals surface area (Å²) in [5, 5.41) is 8.13. The van der Waals surface area contributed by atoms with Gasteiger partial charge >= 0.3 is 0 Å². The van der Waals surface area contributed by atoms with Gasteiger partial charge in [0.2, 0.25) is 0 Å². The molecule has 2 N–H and O–H groups in total. The molecule has 2 aromatic rings. The number of thiazole rings is 1. The zero-order valence-electron chi connectivity index (χ0n) is 11.7. The van der Waals surface area contributed by atoms with Gasteiger partial charge in [0.25, 0.3) is 5.91 Å². The van der Waals surface area contributed by atoms with Crippen LogP contribution in [0.5, 0.6) is 0 Å². The Bertz CT molecular complexity index is 683. The maximum Gasteiger partial charge on any atom is 0.260 e. The Morgan fingerprint density at radius 1 is 1.32 bits per heavy atom. The third-order valence-corrected chi connectivity index (χ3v) is 4.45. The van der Waals surface area contributed by atoms with Crippen molar-refractivity contribution < 1.29 is 13.6 Å². The summed E-state index contributed by atoms with van der Waals surface area (Å²) in [4.78, 5) is 16.4. The quantitative estimate of drug-likeness (QED) is 0.912. The number of rotatable bonds is 3. The first kappa shape index (κ1) is 15.1. The Morgan fingerprint density at radius 3 is 2.86 bits per heavy atom. The van der Waals surface area contributed by atoms with E-state index in [9.17, 15) is 13.6 Å². The predicted molar refractivity (Wildman–Crippen MR) is 81.3 cm³/mol. The van der Waals surface area contributed by atoms with Gasteiger partial charge in [0.1, 0.15) is 11.6 Å². The Balaban J connectivity index is 1.71. The van der Waals surface area contributed by atoms with Crippen LogP contribution in [-0.4, -0.2) is 24.0 Å². The summed E-state index contributed by atoms with van der Waals surface area (Å²) < 4.78 is 26.7. The zero-order valence-corrected chi connectivity index (χ0v) is 12.6. The highest BCUT2D eigenvalue weighted by atomic mass is 32.1. The molecule has 0 spiro atoms. The number of benzene rings is 1. The molecular formula is C15H15F2N3OS. The molecule has 1 saturated heterocycles. The van der Waals surface area contributed by atoms with Crippen LogP contribution >= 0.6 is 11.3 Å². The molecule has 0 atom stereocenters. The first-order valence-corrected chi connectivity index (χ1v) is 7.94. The number of carbonyl (C=O) groups is 1. The van der Waals surface area contributed by atoms with Gasteiger partial charge in [-0.1, -0.05) is 0 Å². The van der Waals surface area contributed by atoms with Crippen molar-refractivity contribution in [2.24, 2.45) is 0 Å². The molecule has 0 unspecified atom stereocenters. The van der Waals surface area contributed by atoms with Crippen LogP contribution in [0.1, 0.15) is 34.8 Å². The SMILES string of the molecule is O=C(Nc1nc(C2CCNCC2)cs1)c1cc(F)ccc1F. The highest BCUT2D eigenvalue weighted by Crippen LogP contribution is 2.28. The van der Waals surface area contributed by atoms with Gasteiger partial charge in [-0.2, -0.15) is 0 Å². The van der Waals surface area contributed by atoms with Crippen LogP contribution in [0, 0.1) is 11.6 Å². The molecule has 1 aliphatic heterocycles. The number of hydrogen-bond donors (Lipinski definition) is 2. The maximum absolute atomic E-state index is 13.6. The number of nitrogens with zero attached hydrogens (tertiary/aromatic N) is 1. The summed E-state index contributed by atoms with van der Waals surface area (Å²) in [5.74, 6) is -1.72. The van der Waals surface area contributed by atoms with E-state index in [1.807, 2.05) is 5.38 Å².